The van der Waals surface area contributed by atoms with Gasteiger partial charge in [-0.25, -0.2) is 14.5 Å². The first-order chi connectivity index (χ1) is 16.3. The summed E-state index contributed by atoms with van der Waals surface area (Å²) >= 11 is 0. The van der Waals surface area contributed by atoms with Gasteiger partial charge in [0.15, 0.2) is 21.5 Å². The first-order valence-corrected chi connectivity index (χ1v) is 11.5. The van der Waals surface area contributed by atoms with Crippen molar-refractivity contribution in [2.75, 3.05) is 19.6 Å². The van der Waals surface area contributed by atoms with Crippen LogP contribution in [0.5, 0.6) is 0 Å². The van der Waals surface area contributed by atoms with E-state index >= 15 is 0 Å². The number of hydrogen-bond acceptors (Lipinski definition) is 7. The number of cyclic esters (lactones) is 1. The fraction of sp³-hybridized carbons (Fsp3) is 0.333. The van der Waals surface area contributed by atoms with Crippen molar-refractivity contribution in [3.63, 3.8) is 0 Å². The molecule has 5 rings (SSSR count). The molecule has 1 atom stereocenters. The monoisotopic (exact) mass is 452 g/mol. The standard InChI is InChI=1S/C24H26B2N6O2/c1-14-7-21(29-10-17(14)8-27)32-12-16(9-30-32)11-31-6-5-28-20(13-31)18-3-4-19-22(15(18)2)24(25,26)34-23(19)33/h3-4,7,9-10,12,20,28H,5-6,11,13,25-26H2,1-2H3/t20-/m0/s1. The van der Waals surface area contributed by atoms with Crippen molar-refractivity contribution in [2.45, 2.75) is 31.8 Å². The number of aromatic nitrogens is 3. The van der Waals surface area contributed by atoms with Gasteiger partial charge in [-0.1, -0.05) is 6.07 Å². The molecule has 0 unspecified atom stereocenters. The highest BCUT2D eigenvalue weighted by atomic mass is 16.6. The Morgan fingerprint density at radius 3 is 2.91 bits per heavy atom. The Hall–Kier alpha value is -3.41. The van der Waals surface area contributed by atoms with E-state index in [2.05, 4.69) is 39.4 Å². The third-order valence-corrected chi connectivity index (χ3v) is 6.81. The fourth-order valence-electron chi connectivity index (χ4n) is 5.16. The maximum Gasteiger partial charge on any atom is 0.337 e. The summed E-state index contributed by atoms with van der Waals surface area (Å²) in [6, 6.07) is 8.17. The second-order valence-electron chi connectivity index (χ2n) is 9.61. The van der Waals surface area contributed by atoms with Gasteiger partial charge in [0.2, 0.25) is 0 Å². The molecule has 2 aliphatic rings. The van der Waals surface area contributed by atoms with E-state index in [1.54, 1.807) is 10.9 Å². The summed E-state index contributed by atoms with van der Waals surface area (Å²) in [7, 11) is 3.91. The quantitative estimate of drug-likeness (QED) is 0.454. The normalized spacial score (nSPS) is 19.4. The zero-order chi connectivity index (χ0) is 24.0. The smallest absolute Gasteiger partial charge is 0.337 e. The molecule has 0 spiro atoms. The number of ether oxygens (including phenoxy) is 1. The van der Waals surface area contributed by atoms with Gasteiger partial charge < -0.3 is 10.1 Å². The van der Waals surface area contributed by atoms with E-state index in [0.29, 0.717) is 16.9 Å². The number of nitrogens with one attached hydrogen (secondary N) is 1. The molecule has 1 aromatic carbocycles. The van der Waals surface area contributed by atoms with E-state index < -0.39 is 5.40 Å². The van der Waals surface area contributed by atoms with Gasteiger partial charge in [-0.2, -0.15) is 10.4 Å². The summed E-state index contributed by atoms with van der Waals surface area (Å²) in [5.74, 6) is 0.464. The van der Waals surface area contributed by atoms with E-state index in [0.717, 1.165) is 48.4 Å². The van der Waals surface area contributed by atoms with Gasteiger partial charge in [0, 0.05) is 50.2 Å². The van der Waals surface area contributed by atoms with Gasteiger partial charge in [-0.3, -0.25) is 4.90 Å². The van der Waals surface area contributed by atoms with Crippen molar-refractivity contribution < 1.29 is 9.53 Å². The number of pyridine rings is 1. The molecule has 34 heavy (non-hydrogen) atoms. The number of carbonyl (C=O) groups is 1. The molecular formula is C24H26B2N6O2. The third kappa shape index (κ3) is 3.91. The average Bonchev–Trinajstić information content (AvgIpc) is 3.35. The Morgan fingerprint density at radius 1 is 1.32 bits per heavy atom. The van der Waals surface area contributed by atoms with E-state index in [-0.39, 0.29) is 12.0 Å². The molecule has 170 valence electrons. The number of benzene rings is 1. The van der Waals surface area contributed by atoms with Crippen molar-refractivity contribution in [1.29, 1.82) is 5.26 Å². The van der Waals surface area contributed by atoms with E-state index in [1.165, 1.54) is 5.56 Å². The predicted molar refractivity (Wildman–Crippen MR) is 132 cm³/mol. The van der Waals surface area contributed by atoms with E-state index in [1.807, 2.05) is 47.1 Å². The molecule has 1 saturated heterocycles. The topological polar surface area (TPSA) is 96.1 Å². The van der Waals surface area contributed by atoms with E-state index in [4.69, 9.17) is 10.00 Å². The molecule has 2 aromatic heterocycles. The second kappa shape index (κ2) is 8.42. The lowest BCUT2D eigenvalue weighted by molar-refractivity contribution is 0.0444. The molecule has 0 aliphatic carbocycles. The molecular weight excluding hydrogens is 426 g/mol. The van der Waals surface area contributed by atoms with Crippen LogP contribution in [0.1, 0.15) is 49.8 Å². The predicted octanol–water partition coefficient (Wildman–Crippen LogP) is 0.449. The van der Waals surface area contributed by atoms with Gasteiger partial charge in [-0.05, 0) is 48.2 Å². The number of esters is 1. The van der Waals surface area contributed by atoms with Crippen LogP contribution in [0.25, 0.3) is 5.82 Å². The number of piperazine rings is 1. The van der Waals surface area contributed by atoms with E-state index in [9.17, 15) is 4.79 Å². The molecule has 4 heterocycles. The summed E-state index contributed by atoms with van der Waals surface area (Å²) in [5, 5.41) is 16.7. The van der Waals surface area contributed by atoms with Crippen LogP contribution in [0.2, 0.25) is 0 Å². The Morgan fingerprint density at radius 2 is 2.15 bits per heavy atom. The largest absolute Gasteiger partial charge is 0.470 e. The van der Waals surface area contributed by atoms with Crippen molar-refractivity contribution in [3.8, 4) is 11.9 Å². The van der Waals surface area contributed by atoms with Gasteiger partial charge in [0.25, 0.3) is 0 Å². The lowest BCUT2D eigenvalue weighted by atomic mass is 9.60. The van der Waals surface area contributed by atoms with Crippen LogP contribution in [0.4, 0.5) is 0 Å². The van der Waals surface area contributed by atoms with Crippen molar-refractivity contribution in [3.05, 3.63) is 75.7 Å². The van der Waals surface area contributed by atoms with Crippen LogP contribution < -0.4 is 5.32 Å². The minimum Gasteiger partial charge on any atom is -0.470 e. The Kier molecular flexibility index (Phi) is 5.54. The number of rotatable bonds is 4. The lowest BCUT2D eigenvalue weighted by Crippen LogP contribution is -2.45. The maximum atomic E-state index is 12.3. The molecule has 0 bridgehead atoms. The Labute approximate surface area is 200 Å². The second-order valence-corrected chi connectivity index (χ2v) is 9.61. The van der Waals surface area contributed by atoms with Gasteiger partial charge in [0.1, 0.15) is 6.07 Å². The van der Waals surface area contributed by atoms with Gasteiger partial charge in [-0.15, -0.1) is 0 Å². The molecule has 2 aliphatic heterocycles. The molecule has 10 heteroatoms. The first-order valence-electron chi connectivity index (χ1n) is 11.5. The third-order valence-electron chi connectivity index (χ3n) is 6.81. The summed E-state index contributed by atoms with van der Waals surface area (Å²) in [6.45, 7) is 7.45. The zero-order valence-electron chi connectivity index (χ0n) is 19.9. The average molecular weight is 452 g/mol. The maximum absolute atomic E-state index is 12.3. The highest BCUT2D eigenvalue weighted by molar-refractivity contribution is 6.41. The number of hydrogen-bond donors (Lipinski definition) is 1. The molecule has 3 aromatic rings. The summed E-state index contributed by atoms with van der Waals surface area (Å²) in [6.07, 6.45) is 5.46. The first kappa shape index (κ1) is 22.4. The highest BCUT2D eigenvalue weighted by Gasteiger charge is 2.39. The van der Waals surface area contributed by atoms with Crippen LogP contribution in [0, 0.1) is 25.2 Å². The number of aryl methyl sites for hydroxylation is 1. The van der Waals surface area contributed by atoms with Crippen LogP contribution >= 0.6 is 0 Å². The summed E-state index contributed by atoms with van der Waals surface area (Å²) < 4.78 is 7.36. The molecule has 0 radical (unpaired) electrons. The van der Waals surface area contributed by atoms with Crippen LogP contribution in [0.3, 0.4) is 0 Å². The number of nitriles is 1. The fourth-order valence-corrected chi connectivity index (χ4v) is 5.16. The number of nitrogens with zero attached hydrogens (tertiary/aromatic N) is 5. The van der Waals surface area contributed by atoms with Gasteiger partial charge >= 0.3 is 5.97 Å². The molecule has 0 amide bonds. The lowest BCUT2D eigenvalue weighted by Gasteiger charge is -2.35. The van der Waals surface area contributed by atoms with Crippen LogP contribution in [0.15, 0.2) is 36.8 Å². The van der Waals surface area contributed by atoms with Crippen molar-refractivity contribution in [2.24, 2.45) is 0 Å². The highest BCUT2D eigenvalue weighted by Crippen LogP contribution is 2.37. The van der Waals surface area contributed by atoms with Crippen molar-refractivity contribution >= 4 is 21.7 Å². The van der Waals surface area contributed by atoms with Crippen LogP contribution in [-0.2, 0) is 16.7 Å². The number of fused-ring (bicyclic) bond motifs is 1. The molecule has 1 fully saturated rings. The minimum absolute atomic E-state index is 0.170. The van der Waals surface area contributed by atoms with Crippen LogP contribution in [-0.4, -0.2) is 61.0 Å². The number of carbonyl (C=O) groups excluding carboxylic acids is 1. The SMILES string of the molecule is BC1(B)OC(=O)c2ccc([C@@H]3CN(Cc4cnn(-c5cc(C)c(C#N)cn5)c4)CCN3)c(C)c21. The van der Waals surface area contributed by atoms with Crippen molar-refractivity contribution in [1.82, 2.24) is 25.0 Å². The summed E-state index contributed by atoms with van der Waals surface area (Å²) in [5.41, 5.74) is 6.58. The molecule has 0 saturated carbocycles. The molecule has 8 nitrogen and oxygen atoms in total. The summed E-state index contributed by atoms with van der Waals surface area (Å²) in [4.78, 5) is 19.0. The zero-order valence-corrected chi connectivity index (χ0v) is 19.9. The minimum atomic E-state index is -0.604. The Balaban J connectivity index is 1.33. The Bertz CT molecular complexity index is 1330. The molecule has 1 N–H and O–H groups in total. The van der Waals surface area contributed by atoms with Gasteiger partial charge in [0.05, 0.1) is 22.7 Å².